The van der Waals surface area contributed by atoms with Gasteiger partial charge in [0, 0.05) is 0 Å². The van der Waals surface area contributed by atoms with Crippen molar-refractivity contribution in [1.82, 2.24) is 0 Å². The first-order chi connectivity index (χ1) is 11.2. The lowest BCUT2D eigenvalue weighted by molar-refractivity contribution is 0.0697. The van der Waals surface area contributed by atoms with Crippen LogP contribution in [0.15, 0.2) is 30.3 Å². The quantitative estimate of drug-likeness (QED) is 0.459. The molecule has 2 N–H and O–H groups in total. The predicted octanol–water partition coefficient (Wildman–Crippen LogP) is 5.26. The van der Waals surface area contributed by atoms with Gasteiger partial charge >= 0.3 is 0 Å². The molecule has 2 unspecified atom stereocenters. The lowest BCUT2D eigenvalue weighted by Crippen LogP contribution is -2.18. The highest BCUT2D eigenvalue weighted by Gasteiger charge is 2.11. The molecule has 0 saturated carbocycles. The molecule has 0 amide bonds. The summed E-state index contributed by atoms with van der Waals surface area (Å²) < 4.78 is 0. The van der Waals surface area contributed by atoms with Crippen LogP contribution in [0, 0.1) is 0 Å². The molecule has 23 heavy (non-hydrogen) atoms. The normalized spacial score (nSPS) is 13.9. The second-order valence-electron chi connectivity index (χ2n) is 6.83. The Morgan fingerprint density at radius 3 is 1.96 bits per heavy atom. The van der Waals surface area contributed by atoms with Crippen molar-refractivity contribution in [2.75, 3.05) is 0 Å². The second-order valence-corrected chi connectivity index (χ2v) is 6.83. The fourth-order valence-electron chi connectivity index (χ4n) is 3.04. The maximum atomic E-state index is 10.0. The summed E-state index contributed by atoms with van der Waals surface area (Å²) in [6.07, 6.45) is 12.5. The predicted molar refractivity (Wildman–Crippen MR) is 98.6 cm³/mol. The number of benzene rings is 1. The molecule has 0 aromatic heterocycles. The summed E-state index contributed by atoms with van der Waals surface area (Å²) in [6, 6.07) is 10.2. The molecule has 0 radical (unpaired) electrons. The molecule has 2 nitrogen and oxygen atoms in total. The molecule has 0 bridgehead atoms. The highest BCUT2D eigenvalue weighted by molar-refractivity contribution is 5.14. The van der Waals surface area contributed by atoms with Crippen LogP contribution in [0.25, 0.3) is 0 Å². The van der Waals surface area contributed by atoms with E-state index in [0.29, 0.717) is 6.42 Å². The zero-order valence-electron chi connectivity index (χ0n) is 14.9. The van der Waals surface area contributed by atoms with Gasteiger partial charge in [-0.25, -0.2) is 0 Å². The molecule has 1 rings (SSSR count). The second kappa shape index (κ2) is 13.6. The Morgan fingerprint density at radius 2 is 1.30 bits per heavy atom. The summed E-state index contributed by atoms with van der Waals surface area (Å²) in [5.41, 5.74) is 1.25. The zero-order valence-corrected chi connectivity index (χ0v) is 14.9. The third-order valence-electron chi connectivity index (χ3n) is 4.54. The van der Waals surface area contributed by atoms with Crippen molar-refractivity contribution >= 4 is 0 Å². The van der Waals surface area contributed by atoms with Gasteiger partial charge in [0.25, 0.3) is 0 Å². The zero-order chi connectivity index (χ0) is 16.8. The molecule has 0 spiro atoms. The summed E-state index contributed by atoms with van der Waals surface area (Å²) >= 11 is 0. The van der Waals surface area contributed by atoms with Gasteiger partial charge in [0.2, 0.25) is 0 Å². The highest BCUT2D eigenvalue weighted by Crippen LogP contribution is 2.14. The number of aliphatic hydroxyl groups is 2. The third kappa shape index (κ3) is 11.3. The van der Waals surface area contributed by atoms with Crippen molar-refractivity contribution in [3.05, 3.63) is 35.9 Å². The number of aliphatic hydroxyl groups excluding tert-OH is 2. The Bertz CT molecular complexity index is 363. The molecule has 0 heterocycles. The topological polar surface area (TPSA) is 40.5 Å². The van der Waals surface area contributed by atoms with Crippen LogP contribution in [0.4, 0.5) is 0 Å². The van der Waals surface area contributed by atoms with E-state index in [1.165, 1.54) is 50.5 Å². The molecule has 0 aliphatic heterocycles. The van der Waals surface area contributed by atoms with Crippen LogP contribution in [0.3, 0.4) is 0 Å². The Hall–Kier alpha value is -0.860. The van der Waals surface area contributed by atoms with Gasteiger partial charge in [-0.15, -0.1) is 0 Å². The number of hydrogen-bond donors (Lipinski definition) is 2. The molecule has 1 aromatic rings. The van der Waals surface area contributed by atoms with Gasteiger partial charge in [0.05, 0.1) is 12.2 Å². The molecule has 2 heteroatoms. The summed E-state index contributed by atoms with van der Waals surface area (Å²) in [5, 5.41) is 20.1. The number of unbranched alkanes of at least 4 members (excludes halogenated alkanes) is 7. The first kappa shape index (κ1) is 20.2. The lowest BCUT2D eigenvalue weighted by Gasteiger charge is -2.15. The first-order valence-electron chi connectivity index (χ1n) is 9.62. The smallest absolute Gasteiger partial charge is 0.0568 e. The van der Waals surface area contributed by atoms with E-state index in [9.17, 15) is 10.2 Å². The van der Waals surface area contributed by atoms with E-state index in [0.717, 1.165) is 25.7 Å². The highest BCUT2D eigenvalue weighted by atomic mass is 16.3. The van der Waals surface area contributed by atoms with Crippen LogP contribution in [0.2, 0.25) is 0 Å². The molecule has 1 aromatic carbocycles. The van der Waals surface area contributed by atoms with Crippen molar-refractivity contribution in [3.8, 4) is 0 Å². The van der Waals surface area contributed by atoms with E-state index < -0.39 is 0 Å². The van der Waals surface area contributed by atoms with E-state index in [-0.39, 0.29) is 12.2 Å². The number of hydrogen-bond acceptors (Lipinski definition) is 2. The Labute approximate surface area is 142 Å². The van der Waals surface area contributed by atoms with Crippen molar-refractivity contribution < 1.29 is 10.2 Å². The first-order valence-corrected chi connectivity index (χ1v) is 9.62. The average molecular weight is 321 g/mol. The van der Waals surface area contributed by atoms with Crippen LogP contribution in [0.1, 0.15) is 83.1 Å². The summed E-state index contributed by atoms with van der Waals surface area (Å²) in [6.45, 7) is 2.25. The molecule has 0 aliphatic rings. The molecule has 132 valence electrons. The minimum Gasteiger partial charge on any atom is -0.393 e. The fourth-order valence-corrected chi connectivity index (χ4v) is 3.04. The summed E-state index contributed by atoms with van der Waals surface area (Å²) in [5.74, 6) is 0. The van der Waals surface area contributed by atoms with Gasteiger partial charge in [0.15, 0.2) is 0 Å². The third-order valence-corrected chi connectivity index (χ3v) is 4.54. The largest absolute Gasteiger partial charge is 0.393 e. The van der Waals surface area contributed by atoms with E-state index in [1.807, 2.05) is 18.2 Å². The Balaban J connectivity index is 1.97. The summed E-state index contributed by atoms with van der Waals surface area (Å²) in [4.78, 5) is 0. The molecule has 2 atom stereocenters. The van der Waals surface area contributed by atoms with Crippen molar-refractivity contribution in [1.29, 1.82) is 0 Å². The minimum absolute atomic E-state index is 0.346. The molecular weight excluding hydrogens is 284 g/mol. The van der Waals surface area contributed by atoms with E-state index in [4.69, 9.17) is 0 Å². The van der Waals surface area contributed by atoms with Crippen molar-refractivity contribution in [2.45, 2.75) is 96.2 Å². The molecule has 0 saturated heterocycles. The maximum absolute atomic E-state index is 10.0. The van der Waals surface area contributed by atoms with E-state index in [1.54, 1.807) is 0 Å². The fraction of sp³-hybridized carbons (Fsp3) is 0.714. The lowest BCUT2D eigenvalue weighted by atomic mass is 9.99. The Kier molecular flexibility index (Phi) is 11.9. The average Bonchev–Trinajstić information content (AvgIpc) is 2.56. The van der Waals surface area contributed by atoms with E-state index >= 15 is 0 Å². The Morgan fingerprint density at radius 1 is 0.739 bits per heavy atom. The van der Waals surface area contributed by atoms with Gasteiger partial charge in [-0.05, 0) is 31.2 Å². The standard InChI is InChI=1S/C21H36O2/c1-2-3-4-5-6-7-8-12-15-20(22)18-21(23)17-16-19-13-10-9-11-14-19/h9-11,13-14,20-23H,2-8,12,15-18H2,1H3. The van der Waals surface area contributed by atoms with Crippen molar-refractivity contribution in [2.24, 2.45) is 0 Å². The van der Waals surface area contributed by atoms with Gasteiger partial charge in [-0.1, -0.05) is 88.6 Å². The minimum atomic E-state index is -0.390. The van der Waals surface area contributed by atoms with Gasteiger partial charge in [-0.3, -0.25) is 0 Å². The molecule has 0 fully saturated rings. The van der Waals surface area contributed by atoms with Gasteiger partial charge in [-0.2, -0.15) is 0 Å². The van der Waals surface area contributed by atoms with Crippen LogP contribution in [-0.2, 0) is 6.42 Å². The maximum Gasteiger partial charge on any atom is 0.0568 e. The van der Waals surface area contributed by atoms with Crippen LogP contribution in [-0.4, -0.2) is 22.4 Å². The molecule has 0 aliphatic carbocycles. The van der Waals surface area contributed by atoms with Gasteiger partial charge in [0.1, 0.15) is 0 Å². The van der Waals surface area contributed by atoms with Crippen molar-refractivity contribution in [3.63, 3.8) is 0 Å². The summed E-state index contributed by atoms with van der Waals surface area (Å²) in [7, 11) is 0. The van der Waals surface area contributed by atoms with Crippen LogP contribution >= 0.6 is 0 Å². The van der Waals surface area contributed by atoms with Crippen LogP contribution < -0.4 is 0 Å². The molecular formula is C21H36O2. The number of rotatable bonds is 14. The van der Waals surface area contributed by atoms with Crippen LogP contribution in [0.5, 0.6) is 0 Å². The number of aryl methyl sites for hydroxylation is 1. The van der Waals surface area contributed by atoms with E-state index in [2.05, 4.69) is 19.1 Å². The SMILES string of the molecule is CCCCCCCCCCC(O)CC(O)CCc1ccccc1. The monoisotopic (exact) mass is 320 g/mol. The van der Waals surface area contributed by atoms with Gasteiger partial charge < -0.3 is 10.2 Å².